The maximum Gasteiger partial charge on any atom is 0.256 e. The Morgan fingerprint density at radius 3 is 2.39 bits per heavy atom. The molecule has 170 valence electrons. The number of aromatic nitrogens is 1. The van der Waals surface area contributed by atoms with Crippen LogP contribution < -0.4 is 16.1 Å². The highest BCUT2D eigenvalue weighted by Crippen LogP contribution is 2.69. The van der Waals surface area contributed by atoms with Crippen molar-refractivity contribution in [3.05, 3.63) is 81.8 Å². The molecule has 1 heterocycles. The molecule has 3 atom stereocenters. The van der Waals surface area contributed by atoms with Gasteiger partial charge in [0.2, 0.25) is 5.43 Å². The summed E-state index contributed by atoms with van der Waals surface area (Å²) in [7, 11) is 0. The topological polar surface area (TPSA) is 80.2 Å². The first-order valence-electron chi connectivity index (χ1n) is 12.1. The normalized spacial score (nSPS) is 25.9. The molecule has 2 aromatic rings. The number of benzene rings is 1. The highest BCUT2D eigenvalue weighted by Gasteiger charge is 2.62. The highest BCUT2D eigenvalue weighted by molar-refractivity contribution is 5.99. The van der Waals surface area contributed by atoms with E-state index in [1.54, 1.807) is 17.0 Å². The molecule has 0 radical (unpaired) electrons. The predicted octanol–water partition coefficient (Wildman–Crippen LogP) is 3.12. The van der Waals surface area contributed by atoms with Crippen molar-refractivity contribution in [2.75, 3.05) is 6.54 Å². The average molecular weight is 444 g/mol. The molecular weight excluding hydrogens is 414 g/mol. The molecule has 6 nitrogen and oxygen atoms in total. The van der Waals surface area contributed by atoms with Crippen LogP contribution in [0, 0.1) is 23.2 Å². The van der Waals surface area contributed by atoms with Crippen LogP contribution in [-0.2, 0) is 6.54 Å². The van der Waals surface area contributed by atoms with Crippen LogP contribution in [0.3, 0.4) is 0 Å². The number of hydrogen-bond acceptors (Lipinski definition) is 3. The SMILES string of the molecule is O=C(NC[C@H]1C[C@@H]2C=C[C@@H]1C21CC1)c1cn(Cc2ccccc2)cc(C(=O)NC2CC2)c1=O. The van der Waals surface area contributed by atoms with Crippen molar-refractivity contribution < 1.29 is 9.59 Å². The van der Waals surface area contributed by atoms with Crippen molar-refractivity contribution >= 4 is 11.8 Å². The van der Waals surface area contributed by atoms with Crippen LogP contribution >= 0.6 is 0 Å². The van der Waals surface area contributed by atoms with E-state index in [1.165, 1.54) is 12.8 Å². The summed E-state index contributed by atoms with van der Waals surface area (Å²) in [6.07, 6.45) is 13.4. The standard InChI is InChI=1S/C27H29N3O3/c31-24-21(25(32)28-13-18-12-19-6-9-23(18)27(19)10-11-27)15-30(14-17-4-2-1-3-5-17)16-22(24)26(33)29-20-7-8-20/h1-6,9,15-16,18-20,23H,7-8,10-14H2,(H,28,32)(H,29,33)/t18-,19+,23+/m1/s1. The summed E-state index contributed by atoms with van der Waals surface area (Å²) in [6.45, 7) is 1.05. The summed E-state index contributed by atoms with van der Waals surface area (Å²) in [4.78, 5) is 39.1. The minimum Gasteiger partial charge on any atom is -0.352 e. The van der Waals surface area contributed by atoms with E-state index >= 15 is 0 Å². The van der Waals surface area contributed by atoms with Crippen molar-refractivity contribution in [2.24, 2.45) is 23.2 Å². The van der Waals surface area contributed by atoms with Gasteiger partial charge in [-0.1, -0.05) is 42.5 Å². The molecule has 1 spiro atoms. The molecule has 4 aliphatic carbocycles. The van der Waals surface area contributed by atoms with Gasteiger partial charge in [0.1, 0.15) is 11.1 Å². The molecule has 3 saturated carbocycles. The lowest BCUT2D eigenvalue weighted by Gasteiger charge is -2.20. The van der Waals surface area contributed by atoms with E-state index in [4.69, 9.17) is 0 Å². The van der Waals surface area contributed by atoms with E-state index in [-0.39, 0.29) is 23.1 Å². The number of allylic oxidation sites excluding steroid dienone is 2. The zero-order valence-corrected chi connectivity index (χ0v) is 18.6. The summed E-state index contributed by atoms with van der Waals surface area (Å²) in [6, 6.07) is 9.94. The quantitative estimate of drug-likeness (QED) is 0.646. The minimum absolute atomic E-state index is 0.0327. The predicted molar refractivity (Wildman–Crippen MR) is 125 cm³/mol. The molecule has 1 aromatic heterocycles. The third-order valence-corrected chi connectivity index (χ3v) is 8.06. The van der Waals surface area contributed by atoms with Crippen LogP contribution in [0.1, 0.15) is 58.4 Å². The lowest BCUT2D eigenvalue weighted by atomic mass is 9.89. The van der Waals surface area contributed by atoms with Crippen molar-refractivity contribution in [1.82, 2.24) is 15.2 Å². The van der Waals surface area contributed by atoms with E-state index in [0.717, 1.165) is 24.8 Å². The van der Waals surface area contributed by atoms with Gasteiger partial charge < -0.3 is 15.2 Å². The molecule has 3 fully saturated rings. The first kappa shape index (κ1) is 20.5. The van der Waals surface area contributed by atoms with Crippen LogP contribution in [-0.4, -0.2) is 29.0 Å². The Hall–Kier alpha value is -3.15. The third kappa shape index (κ3) is 3.71. The molecule has 0 aliphatic heterocycles. The highest BCUT2D eigenvalue weighted by atomic mass is 16.2. The van der Waals surface area contributed by atoms with Gasteiger partial charge in [0, 0.05) is 31.5 Å². The van der Waals surface area contributed by atoms with E-state index in [9.17, 15) is 14.4 Å². The summed E-state index contributed by atoms with van der Waals surface area (Å²) in [5.41, 5.74) is 1.07. The second-order valence-electron chi connectivity index (χ2n) is 10.3. The average Bonchev–Trinajstić information content (AvgIpc) is 3.73. The molecule has 2 amide bonds. The second kappa shape index (κ2) is 7.72. The number of rotatable bonds is 7. The molecule has 2 bridgehead atoms. The van der Waals surface area contributed by atoms with Gasteiger partial charge in [0.25, 0.3) is 11.8 Å². The van der Waals surface area contributed by atoms with Crippen molar-refractivity contribution in [2.45, 2.75) is 44.7 Å². The Kier molecular flexibility index (Phi) is 4.78. The largest absolute Gasteiger partial charge is 0.352 e. The van der Waals surface area contributed by atoms with E-state index < -0.39 is 11.3 Å². The fourth-order valence-electron chi connectivity index (χ4n) is 6.01. The van der Waals surface area contributed by atoms with Crippen LogP contribution in [0.2, 0.25) is 0 Å². The van der Waals surface area contributed by atoms with Crippen molar-refractivity contribution in [3.63, 3.8) is 0 Å². The van der Waals surface area contributed by atoms with Crippen molar-refractivity contribution in [1.29, 1.82) is 0 Å². The molecular formula is C27H29N3O3. The first-order valence-corrected chi connectivity index (χ1v) is 12.1. The van der Waals surface area contributed by atoms with Crippen LogP contribution in [0.15, 0.2) is 59.7 Å². The van der Waals surface area contributed by atoms with Gasteiger partial charge in [-0.2, -0.15) is 0 Å². The summed E-state index contributed by atoms with van der Waals surface area (Å²) < 4.78 is 1.77. The van der Waals surface area contributed by atoms with Crippen LogP contribution in [0.25, 0.3) is 0 Å². The molecule has 1 aromatic carbocycles. The Morgan fingerprint density at radius 1 is 1.00 bits per heavy atom. The zero-order valence-electron chi connectivity index (χ0n) is 18.6. The number of nitrogens with zero attached hydrogens (tertiary/aromatic N) is 1. The number of nitrogens with one attached hydrogen (secondary N) is 2. The molecule has 4 aliphatic rings. The smallest absolute Gasteiger partial charge is 0.256 e. The fourth-order valence-corrected chi connectivity index (χ4v) is 6.01. The Balaban J connectivity index is 1.24. The van der Waals surface area contributed by atoms with Gasteiger partial charge in [-0.3, -0.25) is 14.4 Å². The lowest BCUT2D eigenvalue weighted by Crippen LogP contribution is -2.38. The number of amides is 2. The third-order valence-electron chi connectivity index (χ3n) is 8.06. The summed E-state index contributed by atoms with van der Waals surface area (Å²) in [5, 5.41) is 5.91. The minimum atomic E-state index is -0.499. The van der Waals surface area contributed by atoms with E-state index in [1.807, 2.05) is 30.3 Å². The zero-order chi connectivity index (χ0) is 22.6. The Bertz CT molecular complexity index is 1190. The summed E-state index contributed by atoms with van der Waals surface area (Å²) >= 11 is 0. The van der Waals surface area contributed by atoms with Gasteiger partial charge >= 0.3 is 0 Å². The van der Waals surface area contributed by atoms with Crippen LogP contribution in [0.4, 0.5) is 0 Å². The maximum atomic E-state index is 13.1. The van der Waals surface area contributed by atoms with Gasteiger partial charge in [-0.25, -0.2) is 0 Å². The van der Waals surface area contributed by atoms with Gasteiger partial charge in [0.05, 0.1) is 0 Å². The molecule has 0 saturated heterocycles. The fraction of sp³-hybridized carbons (Fsp3) is 0.444. The molecule has 6 rings (SSSR count). The van der Waals surface area contributed by atoms with E-state index in [0.29, 0.717) is 36.3 Å². The number of hydrogen-bond donors (Lipinski definition) is 2. The van der Waals surface area contributed by atoms with Crippen LogP contribution in [0.5, 0.6) is 0 Å². The molecule has 0 unspecified atom stereocenters. The lowest BCUT2D eigenvalue weighted by molar-refractivity contribution is 0.0942. The van der Waals surface area contributed by atoms with E-state index in [2.05, 4.69) is 22.8 Å². The number of carbonyl (C=O) groups excluding carboxylic acids is 2. The number of pyridine rings is 1. The van der Waals surface area contributed by atoms with Gasteiger partial charge in [-0.15, -0.1) is 0 Å². The van der Waals surface area contributed by atoms with Crippen molar-refractivity contribution in [3.8, 4) is 0 Å². The second-order valence-corrected chi connectivity index (χ2v) is 10.3. The molecule has 6 heteroatoms. The number of carbonyl (C=O) groups is 2. The van der Waals surface area contributed by atoms with Gasteiger partial charge in [0.15, 0.2) is 0 Å². The maximum absolute atomic E-state index is 13.1. The monoisotopic (exact) mass is 443 g/mol. The van der Waals surface area contributed by atoms with Gasteiger partial charge in [-0.05, 0) is 60.8 Å². The summed E-state index contributed by atoms with van der Waals surface area (Å²) in [5.74, 6) is 0.849. The molecule has 33 heavy (non-hydrogen) atoms. The first-order chi connectivity index (χ1) is 16.0. The molecule has 2 N–H and O–H groups in total. The Morgan fingerprint density at radius 2 is 1.73 bits per heavy atom. The Labute approximate surface area is 193 Å².